The molecular formula is C23H29NO3S. The van der Waals surface area contributed by atoms with E-state index in [0.29, 0.717) is 24.2 Å². The van der Waals surface area contributed by atoms with Crippen molar-refractivity contribution in [2.24, 2.45) is 11.3 Å². The van der Waals surface area contributed by atoms with Gasteiger partial charge >= 0.3 is 0 Å². The molecule has 0 amide bonds. The number of ketones is 1. The SMILES string of the molecule is CCCC1C2=C(CC(C)(C)CC2=O)N(c2ccc(C)cc2)C2=C1S(=O)(=O)CC2. The first-order valence-electron chi connectivity index (χ1n) is 10.2. The molecule has 0 N–H and O–H groups in total. The molecule has 1 aromatic carbocycles. The molecule has 0 radical (unpaired) electrons. The Balaban J connectivity index is 1.98. The summed E-state index contributed by atoms with van der Waals surface area (Å²) in [5, 5.41) is 0. The number of sulfone groups is 1. The van der Waals surface area contributed by atoms with Gasteiger partial charge in [-0.3, -0.25) is 4.79 Å². The molecule has 4 rings (SSSR count). The number of allylic oxidation sites excluding steroid dienone is 4. The Hall–Kier alpha value is -1.88. The maximum atomic E-state index is 13.3. The summed E-state index contributed by atoms with van der Waals surface area (Å²) in [6.07, 6.45) is 3.37. The van der Waals surface area contributed by atoms with Crippen molar-refractivity contribution in [2.75, 3.05) is 10.7 Å². The van der Waals surface area contributed by atoms with Gasteiger partial charge in [-0.2, -0.15) is 0 Å². The molecule has 4 nitrogen and oxygen atoms in total. The standard InChI is InChI=1S/C23H29NO3S/c1-5-6-17-21-19(13-23(3,4)14-20(21)25)24(16-9-7-15(2)8-10-16)18-11-12-28(26,27)22(17)18/h7-10,17H,5-6,11-14H2,1-4H3. The zero-order valence-corrected chi connectivity index (χ0v) is 18.0. The Morgan fingerprint density at radius 1 is 1.11 bits per heavy atom. The molecule has 0 aromatic heterocycles. The quantitative estimate of drug-likeness (QED) is 0.725. The smallest absolute Gasteiger partial charge is 0.177 e. The lowest BCUT2D eigenvalue weighted by atomic mass is 9.70. The molecule has 28 heavy (non-hydrogen) atoms. The van der Waals surface area contributed by atoms with Crippen LogP contribution in [0.15, 0.2) is 46.1 Å². The van der Waals surface area contributed by atoms with Crippen LogP contribution in [-0.2, 0) is 14.6 Å². The van der Waals surface area contributed by atoms with Gasteiger partial charge in [-0.15, -0.1) is 0 Å². The number of nitrogens with zero attached hydrogens (tertiary/aromatic N) is 1. The van der Waals surface area contributed by atoms with Crippen molar-refractivity contribution in [2.45, 2.75) is 59.8 Å². The van der Waals surface area contributed by atoms with Crippen LogP contribution in [-0.4, -0.2) is 20.0 Å². The molecule has 1 aromatic rings. The highest BCUT2D eigenvalue weighted by Crippen LogP contribution is 2.52. The molecule has 0 saturated heterocycles. The van der Waals surface area contributed by atoms with Crippen LogP contribution in [0.3, 0.4) is 0 Å². The molecule has 0 bridgehead atoms. The van der Waals surface area contributed by atoms with Gasteiger partial charge in [-0.25, -0.2) is 8.42 Å². The van der Waals surface area contributed by atoms with Crippen LogP contribution in [0.25, 0.3) is 0 Å². The first kappa shape index (κ1) is 19.4. The van der Waals surface area contributed by atoms with E-state index in [1.165, 1.54) is 0 Å². The van der Waals surface area contributed by atoms with Crippen LogP contribution in [0, 0.1) is 18.3 Å². The van der Waals surface area contributed by atoms with E-state index in [2.05, 4.69) is 25.7 Å². The van der Waals surface area contributed by atoms with Gasteiger partial charge in [-0.1, -0.05) is 44.9 Å². The van der Waals surface area contributed by atoms with Gasteiger partial charge in [-0.05, 0) is 37.3 Å². The predicted molar refractivity (Wildman–Crippen MR) is 113 cm³/mol. The van der Waals surface area contributed by atoms with Crippen molar-refractivity contribution < 1.29 is 13.2 Å². The summed E-state index contributed by atoms with van der Waals surface area (Å²) in [5.74, 6) is 0.00142. The second kappa shape index (κ2) is 6.58. The lowest BCUT2D eigenvalue weighted by Crippen LogP contribution is -2.40. The van der Waals surface area contributed by atoms with Crippen molar-refractivity contribution in [1.29, 1.82) is 0 Å². The summed E-state index contributed by atoms with van der Waals surface area (Å²) in [6, 6.07) is 8.18. The lowest BCUT2D eigenvalue weighted by molar-refractivity contribution is -0.118. The van der Waals surface area contributed by atoms with E-state index >= 15 is 0 Å². The maximum absolute atomic E-state index is 13.3. The van der Waals surface area contributed by atoms with E-state index in [1.54, 1.807) is 0 Å². The number of carbonyl (C=O) groups is 1. The number of rotatable bonds is 3. The molecule has 2 aliphatic heterocycles. The monoisotopic (exact) mass is 399 g/mol. The highest BCUT2D eigenvalue weighted by Gasteiger charge is 2.49. The minimum atomic E-state index is -3.32. The number of Topliss-reactive ketones (excluding diaryl/α,β-unsaturated/α-hetero) is 1. The maximum Gasteiger partial charge on any atom is 0.177 e. The number of aryl methyl sites for hydroxylation is 1. The topological polar surface area (TPSA) is 54.5 Å². The summed E-state index contributed by atoms with van der Waals surface area (Å²) >= 11 is 0. The van der Waals surface area contributed by atoms with E-state index in [-0.39, 0.29) is 22.9 Å². The van der Waals surface area contributed by atoms with E-state index in [1.807, 2.05) is 31.2 Å². The average Bonchev–Trinajstić information content (AvgIpc) is 2.90. The van der Waals surface area contributed by atoms with Crippen LogP contribution in [0.5, 0.6) is 0 Å². The first-order valence-corrected chi connectivity index (χ1v) is 11.9. The van der Waals surface area contributed by atoms with Gasteiger partial charge in [0.05, 0.1) is 10.7 Å². The summed E-state index contributed by atoms with van der Waals surface area (Å²) in [4.78, 5) is 15.9. The summed E-state index contributed by atoms with van der Waals surface area (Å²) < 4.78 is 26.0. The van der Waals surface area contributed by atoms with E-state index in [0.717, 1.165) is 41.1 Å². The summed E-state index contributed by atoms with van der Waals surface area (Å²) in [7, 11) is -3.32. The van der Waals surface area contributed by atoms with Crippen molar-refractivity contribution in [3.8, 4) is 0 Å². The van der Waals surface area contributed by atoms with Crippen LogP contribution >= 0.6 is 0 Å². The Kier molecular flexibility index (Phi) is 4.57. The van der Waals surface area contributed by atoms with Crippen molar-refractivity contribution in [3.05, 3.63) is 51.7 Å². The minimum absolute atomic E-state index is 0.120. The molecule has 5 heteroatoms. The minimum Gasteiger partial charge on any atom is -0.316 e. The Labute approximate surface area is 168 Å². The molecule has 1 atom stereocenters. The number of carbonyl (C=O) groups excluding carboxylic acids is 1. The number of hydrogen-bond donors (Lipinski definition) is 0. The molecular weight excluding hydrogens is 370 g/mol. The van der Waals surface area contributed by atoms with Crippen LogP contribution in [0.4, 0.5) is 5.69 Å². The molecule has 150 valence electrons. The third kappa shape index (κ3) is 3.04. The number of anilines is 1. The summed E-state index contributed by atoms with van der Waals surface area (Å²) in [6.45, 7) is 8.36. The second-order valence-corrected chi connectivity index (χ2v) is 11.3. The van der Waals surface area contributed by atoms with Crippen molar-refractivity contribution in [1.82, 2.24) is 0 Å². The fraction of sp³-hybridized carbons (Fsp3) is 0.522. The van der Waals surface area contributed by atoms with Gasteiger partial charge in [0.25, 0.3) is 0 Å². The van der Waals surface area contributed by atoms with Gasteiger partial charge in [0.1, 0.15) is 0 Å². The zero-order chi connectivity index (χ0) is 20.3. The molecule has 2 heterocycles. The van der Waals surface area contributed by atoms with E-state index in [4.69, 9.17) is 0 Å². The van der Waals surface area contributed by atoms with E-state index < -0.39 is 9.84 Å². The Morgan fingerprint density at radius 3 is 2.43 bits per heavy atom. The van der Waals surface area contributed by atoms with Gasteiger partial charge in [0.2, 0.25) is 0 Å². The predicted octanol–water partition coefficient (Wildman–Crippen LogP) is 4.90. The molecule has 0 fully saturated rings. The summed E-state index contributed by atoms with van der Waals surface area (Å²) in [5.41, 5.74) is 4.68. The van der Waals surface area contributed by atoms with E-state index in [9.17, 15) is 13.2 Å². The number of hydrogen-bond acceptors (Lipinski definition) is 4. The Morgan fingerprint density at radius 2 is 1.79 bits per heavy atom. The van der Waals surface area contributed by atoms with Crippen LogP contribution in [0.2, 0.25) is 0 Å². The normalized spacial score (nSPS) is 25.8. The third-order valence-corrected chi connectivity index (χ3v) is 8.13. The highest BCUT2D eigenvalue weighted by atomic mass is 32.2. The van der Waals surface area contributed by atoms with Gasteiger partial charge < -0.3 is 4.90 Å². The Bertz CT molecular complexity index is 997. The third-order valence-electron chi connectivity index (χ3n) is 6.20. The average molecular weight is 400 g/mol. The van der Waals surface area contributed by atoms with Gasteiger partial charge in [0.15, 0.2) is 15.6 Å². The highest BCUT2D eigenvalue weighted by molar-refractivity contribution is 7.95. The second-order valence-electron chi connectivity index (χ2n) is 9.19. The zero-order valence-electron chi connectivity index (χ0n) is 17.2. The van der Waals surface area contributed by atoms with Gasteiger partial charge in [0, 0.05) is 41.4 Å². The lowest BCUT2D eigenvalue weighted by Gasteiger charge is -2.44. The molecule has 0 spiro atoms. The van der Waals surface area contributed by atoms with Crippen molar-refractivity contribution >= 4 is 21.3 Å². The fourth-order valence-electron chi connectivity index (χ4n) is 5.04. The first-order chi connectivity index (χ1) is 13.1. The molecule has 1 aliphatic carbocycles. The molecule has 3 aliphatic rings. The largest absolute Gasteiger partial charge is 0.316 e. The fourth-order valence-corrected chi connectivity index (χ4v) is 6.95. The molecule has 1 unspecified atom stereocenters. The van der Waals surface area contributed by atoms with Crippen LogP contribution < -0.4 is 4.90 Å². The molecule has 0 saturated carbocycles. The van der Waals surface area contributed by atoms with Crippen molar-refractivity contribution in [3.63, 3.8) is 0 Å². The number of benzene rings is 1. The van der Waals surface area contributed by atoms with Crippen LogP contribution in [0.1, 0.15) is 58.4 Å².